The van der Waals surface area contributed by atoms with E-state index in [0.29, 0.717) is 13.2 Å². The smallest absolute Gasteiger partial charge is 0.168 e. The Labute approximate surface area is 97.8 Å². The molecular formula is C12H13BrO2. The van der Waals surface area contributed by atoms with E-state index in [-0.39, 0.29) is 11.7 Å². The summed E-state index contributed by atoms with van der Waals surface area (Å²) in [5, 5.41) is 0. The Kier molecular flexibility index (Phi) is 3.22. The van der Waals surface area contributed by atoms with Gasteiger partial charge in [0.05, 0.1) is 6.61 Å². The van der Waals surface area contributed by atoms with Crippen LogP contribution in [0.25, 0.3) is 0 Å². The van der Waals surface area contributed by atoms with Crippen molar-refractivity contribution in [2.75, 3.05) is 13.2 Å². The lowest BCUT2D eigenvalue weighted by molar-refractivity contribution is 0.0899. The SMILES string of the molecule is Cc1cc(Br)ccc1C(=O)C1CCOC1. The Balaban J connectivity index is 2.24. The lowest BCUT2D eigenvalue weighted by Gasteiger charge is -2.09. The van der Waals surface area contributed by atoms with Crippen molar-refractivity contribution in [3.05, 3.63) is 33.8 Å². The van der Waals surface area contributed by atoms with E-state index in [1.807, 2.05) is 25.1 Å². The average molecular weight is 269 g/mol. The molecule has 15 heavy (non-hydrogen) atoms. The number of carbonyl (C=O) groups is 1. The third-order valence-corrected chi connectivity index (χ3v) is 3.25. The first-order valence-corrected chi connectivity index (χ1v) is 5.86. The van der Waals surface area contributed by atoms with Gasteiger partial charge in [-0.25, -0.2) is 0 Å². The van der Waals surface area contributed by atoms with Gasteiger partial charge in [-0.15, -0.1) is 0 Å². The molecule has 1 unspecified atom stereocenters. The zero-order valence-corrected chi connectivity index (χ0v) is 10.2. The van der Waals surface area contributed by atoms with Crippen LogP contribution in [0.5, 0.6) is 0 Å². The number of hydrogen-bond acceptors (Lipinski definition) is 2. The van der Waals surface area contributed by atoms with E-state index in [9.17, 15) is 4.79 Å². The first kappa shape index (κ1) is 10.8. The number of aryl methyl sites for hydroxylation is 1. The van der Waals surface area contributed by atoms with Crippen LogP contribution in [0.1, 0.15) is 22.3 Å². The lowest BCUT2D eigenvalue weighted by atomic mass is 9.94. The quantitative estimate of drug-likeness (QED) is 0.771. The molecule has 1 atom stereocenters. The molecule has 1 saturated heterocycles. The summed E-state index contributed by atoms with van der Waals surface area (Å²) in [5.74, 6) is 0.280. The van der Waals surface area contributed by atoms with Crippen molar-refractivity contribution in [3.63, 3.8) is 0 Å². The van der Waals surface area contributed by atoms with E-state index in [1.165, 1.54) is 0 Å². The summed E-state index contributed by atoms with van der Waals surface area (Å²) in [4.78, 5) is 12.1. The fourth-order valence-corrected chi connectivity index (χ4v) is 2.34. The Morgan fingerprint density at radius 1 is 1.53 bits per heavy atom. The van der Waals surface area contributed by atoms with Gasteiger partial charge in [0.15, 0.2) is 5.78 Å². The third kappa shape index (κ3) is 2.29. The van der Waals surface area contributed by atoms with Crippen LogP contribution in [-0.2, 0) is 4.74 Å². The molecule has 0 amide bonds. The highest BCUT2D eigenvalue weighted by Crippen LogP contribution is 2.22. The van der Waals surface area contributed by atoms with Crippen molar-refractivity contribution < 1.29 is 9.53 Å². The van der Waals surface area contributed by atoms with Crippen molar-refractivity contribution in [3.8, 4) is 0 Å². The van der Waals surface area contributed by atoms with Gasteiger partial charge in [0.25, 0.3) is 0 Å². The number of hydrogen-bond donors (Lipinski definition) is 0. The van der Waals surface area contributed by atoms with Crippen LogP contribution in [0.4, 0.5) is 0 Å². The third-order valence-electron chi connectivity index (χ3n) is 2.75. The van der Waals surface area contributed by atoms with Crippen LogP contribution in [0.15, 0.2) is 22.7 Å². The van der Waals surface area contributed by atoms with Gasteiger partial charge in [-0.2, -0.15) is 0 Å². The molecular weight excluding hydrogens is 256 g/mol. The summed E-state index contributed by atoms with van der Waals surface area (Å²) >= 11 is 3.39. The van der Waals surface area contributed by atoms with E-state index in [0.717, 1.165) is 22.0 Å². The number of rotatable bonds is 2. The Morgan fingerprint density at radius 2 is 2.33 bits per heavy atom. The van der Waals surface area contributed by atoms with Crippen LogP contribution >= 0.6 is 15.9 Å². The maximum atomic E-state index is 12.1. The minimum Gasteiger partial charge on any atom is -0.381 e. The van der Waals surface area contributed by atoms with Gasteiger partial charge in [-0.3, -0.25) is 4.79 Å². The van der Waals surface area contributed by atoms with Crippen molar-refractivity contribution >= 4 is 21.7 Å². The second kappa shape index (κ2) is 4.45. The number of halogens is 1. The van der Waals surface area contributed by atoms with Gasteiger partial charge in [0.1, 0.15) is 0 Å². The molecule has 2 rings (SSSR count). The highest BCUT2D eigenvalue weighted by atomic mass is 79.9. The largest absolute Gasteiger partial charge is 0.381 e. The Morgan fingerprint density at radius 3 is 2.93 bits per heavy atom. The van der Waals surface area contributed by atoms with Gasteiger partial charge < -0.3 is 4.74 Å². The predicted molar refractivity (Wildman–Crippen MR) is 62.1 cm³/mol. The van der Waals surface area contributed by atoms with Crippen LogP contribution in [0.2, 0.25) is 0 Å². The fraction of sp³-hybridized carbons (Fsp3) is 0.417. The fourth-order valence-electron chi connectivity index (χ4n) is 1.86. The molecule has 2 nitrogen and oxygen atoms in total. The van der Waals surface area contributed by atoms with Gasteiger partial charge in [0.2, 0.25) is 0 Å². The highest BCUT2D eigenvalue weighted by molar-refractivity contribution is 9.10. The zero-order chi connectivity index (χ0) is 10.8. The number of carbonyl (C=O) groups excluding carboxylic acids is 1. The molecule has 1 aromatic carbocycles. The van der Waals surface area contributed by atoms with Crippen molar-refractivity contribution in [1.29, 1.82) is 0 Å². The monoisotopic (exact) mass is 268 g/mol. The summed E-state index contributed by atoms with van der Waals surface area (Å²) < 4.78 is 6.25. The van der Waals surface area contributed by atoms with E-state index < -0.39 is 0 Å². The molecule has 1 heterocycles. The van der Waals surface area contributed by atoms with E-state index in [2.05, 4.69) is 15.9 Å². The summed E-state index contributed by atoms with van der Waals surface area (Å²) in [6, 6.07) is 5.78. The van der Waals surface area contributed by atoms with Crippen molar-refractivity contribution in [2.24, 2.45) is 5.92 Å². The second-order valence-electron chi connectivity index (χ2n) is 3.88. The molecule has 1 fully saturated rings. The molecule has 0 aromatic heterocycles. The molecule has 0 spiro atoms. The summed E-state index contributed by atoms with van der Waals surface area (Å²) in [5.41, 5.74) is 1.86. The molecule has 0 N–H and O–H groups in total. The number of ether oxygens (including phenoxy) is 1. The summed E-state index contributed by atoms with van der Waals surface area (Å²) in [6.45, 7) is 3.26. The van der Waals surface area contributed by atoms with Gasteiger partial charge >= 0.3 is 0 Å². The normalized spacial score (nSPS) is 20.5. The topological polar surface area (TPSA) is 26.3 Å². The van der Waals surface area contributed by atoms with Gasteiger partial charge in [-0.1, -0.05) is 22.0 Å². The average Bonchev–Trinajstić information content (AvgIpc) is 2.69. The van der Waals surface area contributed by atoms with Crippen LogP contribution < -0.4 is 0 Å². The standard InChI is InChI=1S/C12H13BrO2/c1-8-6-10(13)2-3-11(8)12(14)9-4-5-15-7-9/h2-3,6,9H,4-5,7H2,1H3. The predicted octanol–water partition coefficient (Wildman–Crippen LogP) is 2.98. The Hall–Kier alpha value is -0.670. The lowest BCUT2D eigenvalue weighted by Crippen LogP contribution is -2.15. The molecule has 0 radical (unpaired) electrons. The van der Waals surface area contributed by atoms with E-state index in [1.54, 1.807) is 0 Å². The zero-order valence-electron chi connectivity index (χ0n) is 8.63. The molecule has 0 bridgehead atoms. The molecule has 0 saturated carbocycles. The summed E-state index contributed by atoms with van der Waals surface area (Å²) in [7, 11) is 0. The number of ketones is 1. The van der Waals surface area contributed by atoms with Crippen molar-refractivity contribution in [2.45, 2.75) is 13.3 Å². The first-order chi connectivity index (χ1) is 7.18. The molecule has 1 aliphatic heterocycles. The van der Waals surface area contributed by atoms with Crippen LogP contribution in [0, 0.1) is 12.8 Å². The number of benzene rings is 1. The van der Waals surface area contributed by atoms with E-state index >= 15 is 0 Å². The van der Waals surface area contributed by atoms with E-state index in [4.69, 9.17) is 4.74 Å². The molecule has 1 aliphatic rings. The molecule has 80 valence electrons. The molecule has 0 aliphatic carbocycles. The minimum absolute atomic E-state index is 0.0601. The highest BCUT2D eigenvalue weighted by Gasteiger charge is 2.25. The summed E-state index contributed by atoms with van der Waals surface area (Å²) in [6.07, 6.45) is 0.855. The first-order valence-electron chi connectivity index (χ1n) is 5.06. The Bertz CT molecular complexity index is 381. The van der Waals surface area contributed by atoms with Crippen molar-refractivity contribution in [1.82, 2.24) is 0 Å². The maximum absolute atomic E-state index is 12.1. The van der Waals surface area contributed by atoms with Crippen LogP contribution in [-0.4, -0.2) is 19.0 Å². The van der Waals surface area contributed by atoms with Crippen LogP contribution in [0.3, 0.4) is 0 Å². The molecule has 1 aromatic rings. The second-order valence-corrected chi connectivity index (χ2v) is 4.80. The van der Waals surface area contributed by atoms with Gasteiger partial charge in [-0.05, 0) is 31.0 Å². The maximum Gasteiger partial charge on any atom is 0.168 e. The molecule has 3 heteroatoms. The number of Topliss-reactive ketones (excluding diaryl/α,β-unsaturated/α-hetero) is 1. The minimum atomic E-state index is 0.0601. The van der Waals surface area contributed by atoms with Gasteiger partial charge in [0, 0.05) is 22.6 Å².